The van der Waals surface area contributed by atoms with E-state index >= 15 is 0 Å². The number of nitrogens with zero attached hydrogens (tertiary/aromatic N) is 2. The van der Waals surface area contributed by atoms with Crippen LogP contribution in [0.25, 0.3) is 5.76 Å². The third-order valence-corrected chi connectivity index (χ3v) is 5.90. The summed E-state index contributed by atoms with van der Waals surface area (Å²) in [5, 5.41) is 21.1. The second-order valence-corrected chi connectivity index (χ2v) is 9.33. The SMILES string of the molecule is CC(C)(C)C(=O)O.CN1C(C(=O)Nc2ccccn2)=C(O)c2ccccc2S1(=O)=O. The summed E-state index contributed by atoms with van der Waals surface area (Å²) >= 11 is 0. The van der Waals surface area contributed by atoms with Crippen molar-refractivity contribution in [2.24, 2.45) is 5.41 Å². The molecule has 0 saturated heterocycles. The highest BCUT2D eigenvalue weighted by molar-refractivity contribution is 7.89. The van der Waals surface area contributed by atoms with E-state index in [2.05, 4.69) is 10.3 Å². The van der Waals surface area contributed by atoms with Gasteiger partial charge in [0.1, 0.15) is 5.82 Å². The first-order valence-electron chi connectivity index (χ1n) is 8.84. The molecule has 1 amide bonds. The van der Waals surface area contributed by atoms with Crippen molar-refractivity contribution in [3.05, 3.63) is 59.9 Å². The van der Waals surface area contributed by atoms with Crippen molar-refractivity contribution in [3.63, 3.8) is 0 Å². The van der Waals surface area contributed by atoms with Gasteiger partial charge in [-0.3, -0.25) is 13.9 Å². The fourth-order valence-electron chi connectivity index (χ4n) is 2.29. The van der Waals surface area contributed by atoms with Gasteiger partial charge in [0.2, 0.25) is 0 Å². The molecule has 2 aromatic rings. The predicted molar refractivity (Wildman–Crippen MR) is 111 cm³/mol. The summed E-state index contributed by atoms with van der Waals surface area (Å²) < 4.78 is 25.8. The van der Waals surface area contributed by atoms with Crippen LogP contribution in [0.1, 0.15) is 26.3 Å². The fourth-order valence-corrected chi connectivity index (χ4v) is 3.69. The average molecular weight is 433 g/mol. The van der Waals surface area contributed by atoms with Gasteiger partial charge < -0.3 is 15.5 Å². The molecular formula is C20H23N3O6S. The minimum atomic E-state index is -3.91. The molecule has 0 radical (unpaired) electrons. The molecule has 3 rings (SSSR count). The van der Waals surface area contributed by atoms with Crippen LogP contribution in [-0.2, 0) is 19.6 Å². The summed E-state index contributed by atoms with van der Waals surface area (Å²) in [6, 6.07) is 10.9. The van der Waals surface area contributed by atoms with Gasteiger partial charge in [0.15, 0.2) is 11.5 Å². The highest BCUT2D eigenvalue weighted by atomic mass is 32.2. The van der Waals surface area contributed by atoms with Crippen LogP contribution in [0.2, 0.25) is 0 Å². The summed E-state index contributed by atoms with van der Waals surface area (Å²) in [7, 11) is -2.69. The molecule has 0 bridgehead atoms. The van der Waals surface area contributed by atoms with Gasteiger partial charge in [-0.1, -0.05) is 18.2 Å². The maximum Gasteiger partial charge on any atom is 0.308 e. The third-order valence-electron chi connectivity index (χ3n) is 4.08. The van der Waals surface area contributed by atoms with Crippen molar-refractivity contribution in [2.45, 2.75) is 25.7 Å². The average Bonchev–Trinajstić information content (AvgIpc) is 2.67. The van der Waals surface area contributed by atoms with Gasteiger partial charge in [0.05, 0.1) is 10.3 Å². The fraction of sp³-hybridized carbons (Fsp3) is 0.250. The molecule has 9 nitrogen and oxygen atoms in total. The predicted octanol–water partition coefficient (Wildman–Crippen LogP) is 2.70. The Kier molecular flexibility index (Phi) is 6.51. The molecule has 0 atom stereocenters. The van der Waals surface area contributed by atoms with Gasteiger partial charge in [-0.2, -0.15) is 0 Å². The topological polar surface area (TPSA) is 137 Å². The summed E-state index contributed by atoms with van der Waals surface area (Å²) in [5.41, 5.74) is -0.842. The lowest BCUT2D eigenvalue weighted by molar-refractivity contribution is -0.145. The number of aliphatic hydroxyl groups is 1. The van der Waals surface area contributed by atoms with Gasteiger partial charge in [-0.05, 0) is 45.0 Å². The smallest absolute Gasteiger partial charge is 0.308 e. The van der Waals surface area contributed by atoms with Gasteiger partial charge >= 0.3 is 5.97 Å². The van der Waals surface area contributed by atoms with E-state index < -0.39 is 33.1 Å². The third kappa shape index (κ3) is 4.77. The molecule has 1 aliphatic rings. The Morgan fingerprint density at radius 1 is 1.07 bits per heavy atom. The molecule has 1 aromatic carbocycles. The Balaban J connectivity index is 0.000000396. The Morgan fingerprint density at radius 3 is 2.17 bits per heavy atom. The molecule has 160 valence electrons. The second kappa shape index (κ2) is 8.54. The standard InChI is InChI=1S/C15H13N3O4S.C5H10O2/c1-18-13(15(20)17-12-8-4-5-9-16-12)14(19)10-6-2-3-7-11(10)23(18,21)22;1-5(2,3)4(6)7/h2-9,19H,1H3,(H,16,17,20);1-3H3,(H,6,7). The quantitative estimate of drug-likeness (QED) is 0.662. The highest BCUT2D eigenvalue weighted by Gasteiger charge is 2.37. The molecule has 0 unspecified atom stereocenters. The number of benzene rings is 1. The number of sulfonamides is 1. The van der Waals surface area contributed by atoms with Crippen LogP contribution >= 0.6 is 0 Å². The lowest BCUT2D eigenvalue weighted by Gasteiger charge is -2.28. The van der Waals surface area contributed by atoms with E-state index in [0.29, 0.717) is 0 Å². The first kappa shape index (κ1) is 22.9. The van der Waals surface area contributed by atoms with E-state index in [0.717, 1.165) is 4.31 Å². The maximum absolute atomic E-state index is 12.5. The van der Waals surface area contributed by atoms with Gasteiger partial charge in [-0.25, -0.2) is 13.4 Å². The first-order valence-corrected chi connectivity index (χ1v) is 10.3. The number of carboxylic acids is 1. The Hall–Kier alpha value is -3.40. The number of carbonyl (C=O) groups is 2. The number of amides is 1. The largest absolute Gasteiger partial charge is 0.505 e. The number of fused-ring (bicyclic) bond motifs is 1. The van der Waals surface area contributed by atoms with Crippen LogP contribution in [0.3, 0.4) is 0 Å². The number of rotatable bonds is 2. The van der Waals surface area contributed by atoms with Crippen LogP contribution < -0.4 is 5.32 Å². The number of carboxylic acid groups (broad SMARTS) is 1. The number of pyridine rings is 1. The maximum atomic E-state index is 12.5. The lowest BCUT2D eigenvalue weighted by atomic mass is 9.98. The van der Waals surface area contributed by atoms with Crippen LogP contribution in [-0.4, -0.2) is 46.8 Å². The Labute approximate surface area is 174 Å². The van der Waals surface area contributed by atoms with E-state index in [9.17, 15) is 23.1 Å². The summed E-state index contributed by atoms with van der Waals surface area (Å²) in [6.07, 6.45) is 1.49. The van der Waals surface area contributed by atoms with E-state index in [4.69, 9.17) is 5.11 Å². The van der Waals surface area contributed by atoms with Crippen molar-refractivity contribution < 1.29 is 28.2 Å². The molecule has 10 heteroatoms. The number of aliphatic hydroxyl groups excluding tert-OH is 1. The molecule has 30 heavy (non-hydrogen) atoms. The minimum Gasteiger partial charge on any atom is -0.505 e. The second-order valence-electron chi connectivity index (χ2n) is 7.39. The number of aliphatic carboxylic acids is 1. The monoisotopic (exact) mass is 433 g/mol. The molecule has 0 fully saturated rings. The van der Waals surface area contributed by atoms with Crippen LogP contribution in [0, 0.1) is 5.41 Å². The van der Waals surface area contributed by atoms with Crippen LogP contribution in [0.4, 0.5) is 5.82 Å². The molecule has 0 aliphatic carbocycles. The number of aromatic nitrogens is 1. The molecular weight excluding hydrogens is 410 g/mol. The highest BCUT2D eigenvalue weighted by Crippen LogP contribution is 2.34. The molecule has 2 heterocycles. The van der Waals surface area contributed by atoms with Gasteiger partial charge in [0, 0.05) is 18.8 Å². The summed E-state index contributed by atoms with van der Waals surface area (Å²) in [6.45, 7) is 4.99. The zero-order chi connectivity index (χ0) is 22.7. The normalized spacial score (nSPS) is 14.9. The van der Waals surface area contributed by atoms with Crippen molar-refractivity contribution >= 4 is 33.5 Å². The lowest BCUT2D eigenvalue weighted by Crippen LogP contribution is -2.37. The summed E-state index contributed by atoms with van der Waals surface area (Å²) in [4.78, 5) is 26.3. The number of hydrogen-bond acceptors (Lipinski definition) is 6. The van der Waals surface area contributed by atoms with Gasteiger partial charge in [-0.15, -0.1) is 0 Å². The number of hydrogen-bond donors (Lipinski definition) is 3. The molecule has 1 aliphatic heterocycles. The van der Waals surface area contributed by atoms with Crippen molar-refractivity contribution in [3.8, 4) is 0 Å². The first-order chi connectivity index (χ1) is 13.9. The van der Waals surface area contributed by atoms with E-state index in [1.807, 2.05) is 0 Å². The minimum absolute atomic E-state index is 0.0469. The molecule has 1 aromatic heterocycles. The van der Waals surface area contributed by atoms with Crippen molar-refractivity contribution in [1.82, 2.24) is 9.29 Å². The number of carbonyl (C=O) groups excluding carboxylic acids is 1. The van der Waals surface area contributed by atoms with Crippen LogP contribution in [0.5, 0.6) is 0 Å². The Bertz CT molecular complexity index is 1090. The zero-order valence-electron chi connectivity index (χ0n) is 16.9. The Morgan fingerprint density at radius 2 is 1.63 bits per heavy atom. The van der Waals surface area contributed by atoms with Crippen LogP contribution in [0.15, 0.2) is 59.3 Å². The number of nitrogens with one attached hydrogen (secondary N) is 1. The van der Waals surface area contributed by atoms with E-state index in [1.54, 1.807) is 51.1 Å². The molecule has 0 saturated carbocycles. The molecule has 3 N–H and O–H groups in total. The number of anilines is 1. The van der Waals surface area contributed by atoms with Gasteiger partial charge in [0.25, 0.3) is 15.9 Å². The summed E-state index contributed by atoms with van der Waals surface area (Å²) in [5.74, 6) is -1.66. The molecule has 0 spiro atoms. The van der Waals surface area contributed by atoms with E-state index in [-0.39, 0.29) is 22.0 Å². The van der Waals surface area contributed by atoms with Crippen molar-refractivity contribution in [2.75, 3.05) is 12.4 Å². The van der Waals surface area contributed by atoms with Crippen molar-refractivity contribution in [1.29, 1.82) is 0 Å². The number of likely N-dealkylation sites (N-methyl/N-ethyl adjacent to an activating group) is 1. The zero-order valence-corrected chi connectivity index (χ0v) is 17.8. The van der Waals surface area contributed by atoms with E-state index in [1.165, 1.54) is 25.4 Å².